The van der Waals surface area contributed by atoms with Crippen molar-refractivity contribution in [3.8, 4) is 11.9 Å². The molecule has 19 heavy (non-hydrogen) atoms. The molecule has 0 radical (unpaired) electrons. The van der Waals surface area contributed by atoms with Gasteiger partial charge in [-0.15, -0.1) is 13.2 Å². The molecule has 1 rings (SSSR count). The lowest BCUT2D eigenvalue weighted by atomic mass is 10.1. The highest BCUT2D eigenvalue weighted by Crippen LogP contribution is 2.36. The fraction of sp³-hybridized carbons (Fsp3) is 0.333. The van der Waals surface area contributed by atoms with E-state index in [1.807, 2.05) is 0 Å². The minimum absolute atomic E-state index is 0.127. The Morgan fingerprint density at radius 3 is 2.26 bits per heavy atom. The fourth-order valence-electron chi connectivity index (χ4n) is 1.19. The second kappa shape index (κ2) is 5.40. The summed E-state index contributed by atoms with van der Waals surface area (Å²) in [6.07, 6.45) is -10.7. The van der Waals surface area contributed by atoms with Crippen LogP contribution in [0.4, 0.5) is 26.3 Å². The van der Waals surface area contributed by atoms with E-state index in [0.29, 0.717) is 0 Å². The van der Waals surface area contributed by atoms with Gasteiger partial charge in [0.15, 0.2) is 0 Å². The molecule has 0 saturated heterocycles. The molecule has 0 atom stereocenters. The standard InChI is InChI=1S/C9H3F6IN2O/c10-8(11,12)5-3-6(19-9(13,14)15)18-7(16)4(5)1-2-17/h3H,1H2. The van der Waals surface area contributed by atoms with E-state index in [9.17, 15) is 26.3 Å². The van der Waals surface area contributed by atoms with Gasteiger partial charge >= 0.3 is 12.5 Å². The van der Waals surface area contributed by atoms with Crippen LogP contribution in [0.15, 0.2) is 6.07 Å². The molecule has 0 spiro atoms. The lowest BCUT2D eigenvalue weighted by Gasteiger charge is -2.15. The van der Waals surface area contributed by atoms with Crippen molar-refractivity contribution >= 4 is 22.6 Å². The maximum Gasteiger partial charge on any atom is 0.574 e. The number of aromatic nitrogens is 1. The van der Waals surface area contributed by atoms with Crippen LogP contribution in [0.25, 0.3) is 0 Å². The molecule has 0 saturated carbocycles. The van der Waals surface area contributed by atoms with E-state index in [-0.39, 0.29) is 9.77 Å². The number of rotatable bonds is 2. The predicted octanol–water partition coefficient (Wildman–Crippen LogP) is 3.67. The van der Waals surface area contributed by atoms with Crippen molar-refractivity contribution in [2.75, 3.05) is 0 Å². The Balaban J connectivity index is 3.36. The first kappa shape index (κ1) is 15.8. The smallest absolute Gasteiger partial charge is 0.388 e. The molecular formula is C9H3F6IN2O. The number of pyridine rings is 1. The highest BCUT2D eigenvalue weighted by molar-refractivity contribution is 14.1. The van der Waals surface area contributed by atoms with Gasteiger partial charge in [0.25, 0.3) is 0 Å². The molecule has 0 aliphatic heterocycles. The molecule has 1 aromatic heterocycles. The number of halogens is 7. The van der Waals surface area contributed by atoms with E-state index < -0.39 is 36.0 Å². The Kier molecular flexibility index (Phi) is 4.49. The van der Waals surface area contributed by atoms with E-state index in [2.05, 4.69) is 9.72 Å². The number of hydrogen-bond donors (Lipinski definition) is 0. The van der Waals surface area contributed by atoms with Crippen LogP contribution in [0.2, 0.25) is 0 Å². The highest BCUT2D eigenvalue weighted by atomic mass is 127. The Labute approximate surface area is 116 Å². The Bertz CT molecular complexity index is 519. The lowest BCUT2D eigenvalue weighted by molar-refractivity contribution is -0.276. The van der Waals surface area contributed by atoms with E-state index in [0.717, 1.165) is 0 Å². The van der Waals surface area contributed by atoms with Crippen LogP contribution in [0.3, 0.4) is 0 Å². The van der Waals surface area contributed by atoms with Gasteiger partial charge in [0.05, 0.1) is 18.1 Å². The normalized spacial score (nSPS) is 12.1. The van der Waals surface area contributed by atoms with Crippen LogP contribution in [-0.2, 0) is 12.6 Å². The first-order chi connectivity index (χ1) is 8.54. The molecule has 0 aromatic carbocycles. The highest BCUT2D eigenvalue weighted by Gasteiger charge is 2.38. The van der Waals surface area contributed by atoms with Crippen molar-refractivity contribution in [1.82, 2.24) is 4.98 Å². The van der Waals surface area contributed by atoms with Gasteiger partial charge in [-0.05, 0) is 22.6 Å². The van der Waals surface area contributed by atoms with Crippen molar-refractivity contribution in [3.63, 3.8) is 0 Å². The summed E-state index contributed by atoms with van der Waals surface area (Å²) in [7, 11) is 0. The minimum Gasteiger partial charge on any atom is -0.388 e. The number of alkyl halides is 6. The summed E-state index contributed by atoms with van der Waals surface area (Å²) in [5, 5.41) is 8.43. The molecule has 0 bridgehead atoms. The van der Waals surface area contributed by atoms with Gasteiger partial charge in [-0.25, -0.2) is 4.98 Å². The molecule has 0 aliphatic carbocycles. The van der Waals surface area contributed by atoms with Crippen LogP contribution >= 0.6 is 22.6 Å². The van der Waals surface area contributed by atoms with E-state index >= 15 is 0 Å². The van der Waals surface area contributed by atoms with Crippen LogP contribution in [0.1, 0.15) is 11.1 Å². The van der Waals surface area contributed by atoms with Gasteiger partial charge in [0, 0.05) is 11.6 Å². The fourth-order valence-corrected chi connectivity index (χ4v) is 1.91. The average Bonchev–Trinajstić information content (AvgIpc) is 2.17. The minimum atomic E-state index is -5.14. The molecule has 0 N–H and O–H groups in total. The van der Waals surface area contributed by atoms with Crippen molar-refractivity contribution in [2.24, 2.45) is 0 Å². The monoisotopic (exact) mass is 396 g/mol. The average molecular weight is 396 g/mol. The molecular weight excluding hydrogens is 393 g/mol. The molecule has 1 heterocycles. The third kappa shape index (κ3) is 4.41. The Morgan fingerprint density at radius 2 is 1.84 bits per heavy atom. The van der Waals surface area contributed by atoms with Crippen molar-refractivity contribution < 1.29 is 31.1 Å². The second-order valence-corrected chi connectivity index (χ2v) is 4.18. The number of hydrogen-bond acceptors (Lipinski definition) is 3. The SMILES string of the molecule is N#CCc1c(C(F)(F)F)cc(OC(F)(F)F)nc1I. The van der Waals surface area contributed by atoms with Gasteiger partial charge < -0.3 is 4.74 Å². The summed E-state index contributed by atoms with van der Waals surface area (Å²) in [4.78, 5) is 3.24. The topological polar surface area (TPSA) is 45.9 Å². The molecule has 0 fully saturated rings. The van der Waals surface area contributed by atoms with E-state index in [1.165, 1.54) is 28.7 Å². The Hall–Kier alpha value is -1.25. The number of ether oxygens (including phenoxy) is 1. The molecule has 104 valence electrons. The first-order valence-corrected chi connectivity index (χ1v) is 5.52. The zero-order valence-corrected chi connectivity index (χ0v) is 10.9. The van der Waals surface area contributed by atoms with Crippen molar-refractivity contribution in [3.05, 3.63) is 20.9 Å². The van der Waals surface area contributed by atoms with Crippen LogP contribution in [0, 0.1) is 15.0 Å². The lowest BCUT2D eigenvalue weighted by Crippen LogP contribution is -2.20. The summed E-state index contributed by atoms with van der Waals surface area (Å²) in [6, 6.07) is 1.62. The molecule has 1 aromatic rings. The zero-order chi connectivity index (χ0) is 14.8. The van der Waals surface area contributed by atoms with Crippen LogP contribution < -0.4 is 4.74 Å². The molecule has 3 nitrogen and oxygen atoms in total. The Morgan fingerprint density at radius 1 is 1.26 bits per heavy atom. The predicted molar refractivity (Wildman–Crippen MR) is 58.0 cm³/mol. The zero-order valence-electron chi connectivity index (χ0n) is 8.73. The van der Waals surface area contributed by atoms with Crippen LogP contribution in [0.5, 0.6) is 5.88 Å². The third-order valence-corrected chi connectivity index (χ3v) is 2.72. The van der Waals surface area contributed by atoms with Gasteiger partial charge in [-0.3, -0.25) is 0 Å². The summed E-state index contributed by atoms with van der Waals surface area (Å²) in [5.41, 5.74) is -1.85. The van der Waals surface area contributed by atoms with Crippen LogP contribution in [-0.4, -0.2) is 11.3 Å². The van der Waals surface area contributed by atoms with E-state index in [4.69, 9.17) is 5.26 Å². The van der Waals surface area contributed by atoms with Gasteiger partial charge in [-0.2, -0.15) is 18.4 Å². The maximum absolute atomic E-state index is 12.7. The van der Waals surface area contributed by atoms with Crippen molar-refractivity contribution in [1.29, 1.82) is 5.26 Å². The summed E-state index contributed by atoms with van der Waals surface area (Å²) >= 11 is 1.32. The van der Waals surface area contributed by atoms with E-state index in [1.54, 1.807) is 0 Å². The second-order valence-electron chi connectivity index (χ2n) is 3.16. The van der Waals surface area contributed by atoms with Gasteiger partial charge in [0.2, 0.25) is 5.88 Å². The maximum atomic E-state index is 12.7. The summed E-state index contributed by atoms with van der Waals surface area (Å²) in [6.45, 7) is 0. The number of nitrogens with zero attached hydrogens (tertiary/aromatic N) is 2. The summed E-state index contributed by atoms with van der Waals surface area (Å²) < 4.78 is 76.9. The molecule has 0 amide bonds. The van der Waals surface area contributed by atoms with Gasteiger partial charge in [-0.1, -0.05) is 0 Å². The number of nitriles is 1. The molecule has 10 heteroatoms. The first-order valence-electron chi connectivity index (χ1n) is 4.44. The quantitative estimate of drug-likeness (QED) is 0.436. The van der Waals surface area contributed by atoms with Crippen molar-refractivity contribution in [2.45, 2.75) is 19.0 Å². The third-order valence-electron chi connectivity index (χ3n) is 1.83. The van der Waals surface area contributed by atoms with Gasteiger partial charge in [0.1, 0.15) is 3.70 Å². The summed E-state index contributed by atoms with van der Waals surface area (Å²) in [5.74, 6) is -1.22. The largest absolute Gasteiger partial charge is 0.574 e. The molecule has 0 aliphatic rings. The molecule has 0 unspecified atom stereocenters.